The van der Waals surface area contributed by atoms with Gasteiger partial charge >= 0.3 is 0 Å². The second-order valence-electron chi connectivity index (χ2n) is 7.37. The molecular weight excluding hydrogens is 418 g/mol. The van der Waals surface area contributed by atoms with E-state index in [2.05, 4.69) is 17.2 Å². The quantitative estimate of drug-likeness (QED) is 0.460. The summed E-state index contributed by atoms with van der Waals surface area (Å²) < 4.78 is 7.30. The maximum Gasteiger partial charge on any atom is 0.244 e. The number of fused-ring (bicyclic) bond motifs is 2. The molecule has 0 aliphatic carbocycles. The Bertz CT molecular complexity index is 1110. The number of amides is 1. The highest BCUT2D eigenvalue weighted by Gasteiger charge is 2.32. The molecule has 0 saturated carbocycles. The summed E-state index contributed by atoms with van der Waals surface area (Å²) in [7, 11) is 0. The third-order valence-electron chi connectivity index (χ3n) is 5.22. The molecule has 2 aliphatic rings. The Balaban J connectivity index is 1.23. The van der Waals surface area contributed by atoms with Crippen LogP contribution in [0.2, 0.25) is 0 Å². The molecule has 9 heteroatoms. The normalized spacial score (nSPS) is 15.2. The molecule has 3 aromatic rings. The van der Waals surface area contributed by atoms with Gasteiger partial charge in [-0.2, -0.15) is 9.38 Å². The van der Waals surface area contributed by atoms with E-state index in [0.717, 1.165) is 38.7 Å². The van der Waals surface area contributed by atoms with Gasteiger partial charge < -0.3 is 10.6 Å². The number of anilines is 2. The standard InChI is InChI=1S/C21H21N5O2S2/c1-13-4-3-5-14(8-13)20(22)21(27)24-10-15-11-25(23-17(15)12-24)30-16-6-7-18-19(9-16)26(18)28-29-2/h3-9,11,20H,10,12,22H2,1-2H3. The third-order valence-corrected chi connectivity index (χ3v) is 6.36. The molecule has 0 radical (unpaired) electrons. The Hall–Kier alpha value is -2.46. The molecule has 1 aromatic heterocycles. The molecule has 3 heterocycles. The highest BCUT2D eigenvalue weighted by Crippen LogP contribution is 2.50. The summed E-state index contributed by atoms with van der Waals surface area (Å²) in [5.74, 6) is -0.0715. The lowest BCUT2D eigenvalue weighted by molar-refractivity contribution is -0.133. The molecule has 0 spiro atoms. The van der Waals surface area contributed by atoms with Crippen LogP contribution in [0.25, 0.3) is 0 Å². The van der Waals surface area contributed by atoms with E-state index in [1.54, 1.807) is 21.9 Å². The zero-order valence-electron chi connectivity index (χ0n) is 16.6. The third kappa shape index (κ3) is 3.58. The minimum Gasteiger partial charge on any atom is -0.331 e. The van der Waals surface area contributed by atoms with Gasteiger partial charge in [-0.3, -0.25) is 4.79 Å². The maximum absolute atomic E-state index is 12.9. The van der Waals surface area contributed by atoms with E-state index in [4.69, 9.17) is 10.0 Å². The van der Waals surface area contributed by atoms with Gasteiger partial charge in [-0.05, 0) is 30.7 Å². The first-order valence-electron chi connectivity index (χ1n) is 9.55. The van der Waals surface area contributed by atoms with Crippen molar-refractivity contribution in [2.75, 3.05) is 11.3 Å². The molecule has 0 fully saturated rings. The number of nitrogens with two attached hydrogens (primary N) is 1. The first-order valence-corrected chi connectivity index (χ1v) is 11.5. The van der Waals surface area contributed by atoms with Crippen LogP contribution in [0.5, 0.6) is 0 Å². The predicted molar refractivity (Wildman–Crippen MR) is 119 cm³/mol. The smallest absolute Gasteiger partial charge is 0.244 e. The van der Waals surface area contributed by atoms with Gasteiger partial charge in [0.25, 0.3) is 0 Å². The molecule has 2 N–H and O–H groups in total. The highest BCUT2D eigenvalue weighted by atomic mass is 32.2. The number of hydrogen-bond acceptors (Lipinski definition) is 7. The number of rotatable bonds is 6. The average Bonchev–Trinajstić information content (AvgIpc) is 3.05. The van der Waals surface area contributed by atoms with E-state index in [9.17, 15) is 4.79 Å². The van der Waals surface area contributed by atoms with E-state index in [-0.39, 0.29) is 5.91 Å². The molecule has 1 amide bonds. The molecule has 2 aliphatic heterocycles. The summed E-state index contributed by atoms with van der Waals surface area (Å²) in [5, 5.41) is 6.47. The summed E-state index contributed by atoms with van der Waals surface area (Å²) in [5.41, 5.74) is 12.3. The number of carbonyl (C=O) groups is 1. The second-order valence-corrected chi connectivity index (χ2v) is 8.88. The number of benzene rings is 2. The van der Waals surface area contributed by atoms with E-state index in [1.165, 1.54) is 12.0 Å². The topological polar surface area (TPSA) is 76.4 Å². The van der Waals surface area contributed by atoms with E-state index in [0.29, 0.717) is 13.1 Å². The van der Waals surface area contributed by atoms with E-state index < -0.39 is 6.04 Å². The van der Waals surface area contributed by atoms with Gasteiger partial charge in [0.15, 0.2) is 0 Å². The van der Waals surface area contributed by atoms with Crippen LogP contribution in [0.15, 0.2) is 53.6 Å². The minimum atomic E-state index is -0.652. The van der Waals surface area contributed by atoms with E-state index >= 15 is 0 Å². The van der Waals surface area contributed by atoms with Gasteiger partial charge in [0.2, 0.25) is 5.91 Å². The maximum atomic E-state index is 12.9. The Kier molecular flexibility index (Phi) is 4.98. The van der Waals surface area contributed by atoms with Gasteiger partial charge in [0.05, 0.1) is 23.6 Å². The summed E-state index contributed by atoms with van der Waals surface area (Å²) in [4.78, 5) is 15.7. The van der Waals surface area contributed by atoms with Crippen LogP contribution in [0.1, 0.15) is 28.4 Å². The summed E-state index contributed by atoms with van der Waals surface area (Å²) in [6.07, 6.45) is 3.88. The van der Waals surface area contributed by atoms with Crippen LogP contribution in [0.4, 0.5) is 11.4 Å². The second kappa shape index (κ2) is 7.66. The lowest BCUT2D eigenvalue weighted by Crippen LogP contribution is -2.35. The molecular formula is C21H21N5O2S2. The van der Waals surface area contributed by atoms with Gasteiger partial charge in [0.1, 0.15) is 6.04 Å². The fraction of sp³-hybridized carbons (Fsp3) is 0.238. The van der Waals surface area contributed by atoms with Gasteiger partial charge in [-0.25, -0.2) is 9.15 Å². The summed E-state index contributed by atoms with van der Waals surface area (Å²) in [6, 6.07) is 13.3. The molecule has 30 heavy (non-hydrogen) atoms. The van der Waals surface area contributed by atoms with Crippen molar-refractivity contribution < 1.29 is 9.08 Å². The number of aromatic nitrogens is 2. The van der Waals surface area contributed by atoms with Crippen molar-refractivity contribution in [3.63, 3.8) is 0 Å². The number of hydrogen-bond donors (Lipinski definition) is 1. The first-order chi connectivity index (χ1) is 14.5. The monoisotopic (exact) mass is 439 g/mol. The Morgan fingerprint density at radius 1 is 1.20 bits per heavy atom. The Labute approximate surface area is 183 Å². The lowest BCUT2D eigenvalue weighted by atomic mass is 10.0. The van der Waals surface area contributed by atoms with Crippen molar-refractivity contribution in [3.8, 4) is 0 Å². The van der Waals surface area contributed by atoms with Crippen LogP contribution < -0.4 is 10.8 Å². The average molecular weight is 440 g/mol. The Morgan fingerprint density at radius 2 is 2.07 bits per heavy atom. The fourth-order valence-corrected chi connectivity index (χ4v) is 4.80. The van der Waals surface area contributed by atoms with Crippen LogP contribution >= 0.6 is 24.0 Å². The molecule has 2 aromatic carbocycles. The SMILES string of the molecule is CSON1c2ccc(Sn3cc4c(n3)CN(C(=O)C(N)c3cccc(C)c3)C4)cc21. The molecule has 1 unspecified atom stereocenters. The van der Waals surface area contributed by atoms with Crippen molar-refractivity contribution in [3.05, 3.63) is 71.0 Å². The number of aryl methyl sites for hydroxylation is 1. The lowest BCUT2D eigenvalue weighted by Gasteiger charge is -2.21. The van der Waals surface area contributed by atoms with Crippen molar-refractivity contribution in [1.82, 2.24) is 14.1 Å². The zero-order chi connectivity index (χ0) is 20.8. The van der Waals surface area contributed by atoms with Crippen molar-refractivity contribution in [2.45, 2.75) is 31.0 Å². The highest BCUT2D eigenvalue weighted by molar-refractivity contribution is 7.97. The van der Waals surface area contributed by atoms with Crippen molar-refractivity contribution >= 4 is 41.3 Å². The zero-order valence-corrected chi connectivity index (χ0v) is 18.2. The Morgan fingerprint density at radius 3 is 2.83 bits per heavy atom. The van der Waals surface area contributed by atoms with Crippen LogP contribution in [0.3, 0.4) is 0 Å². The van der Waals surface area contributed by atoms with E-state index in [1.807, 2.05) is 53.8 Å². The molecule has 1 atom stereocenters. The van der Waals surface area contributed by atoms with Gasteiger partial charge in [-0.15, -0.1) is 0 Å². The fourth-order valence-electron chi connectivity index (χ4n) is 3.66. The minimum absolute atomic E-state index is 0.0715. The summed E-state index contributed by atoms with van der Waals surface area (Å²) >= 11 is 2.86. The molecule has 0 bridgehead atoms. The largest absolute Gasteiger partial charge is 0.331 e. The van der Waals surface area contributed by atoms with Crippen LogP contribution in [0, 0.1) is 6.92 Å². The molecule has 5 rings (SSSR count). The predicted octanol–water partition coefficient (Wildman–Crippen LogP) is 3.95. The van der Waals surface area contributed by atoms with Crippen molar-refractivity contribution in [1.29, 1.82) is 0 Å². The molecule has 7 nitrogen and oxygen atoms in total. The van der Waals surface area contributed by atoms with Crippen LogP contribution in [-0.2, 0) is 22.2 Å². The van der Waals surface area contributed by atoms with Gasteiger partial charge in [0, 0.05) is 53.4 Å². The number of carbonyl (C=O) groups excluding carboxylic acids is 1. The first kappa shape index (κ1) is 19.5. The van der Waals surface area contributed by atoms with Crippen molar-refractivity contribution in [2.24, 2.45) is 5.73 Å². The number of nitrogens with zero attached hydrogens (tertiary/aromatic N) is 4. The summed E-state index contributed by atoms with van der Waals surface area (Å²) in [6.45, 7) is 3.02. The molecule has 0 saturated heterocycles. The van der Waals surface area contributed by atoms with Gasteiger partial charge in [-0.1, -0.05) is 29.8 Å². The molecule has 154 valence electrons. The van der Waals surface area contributed by atoms with Crippen LogP contribution in [-0.4, -0.2) is 26.2 Å².